The van der Waals surface area contributed by atoms with Crippen LogP contribution >= 0.6 is 11.6 Å². The van der Waals surface area contributed by atoms with Crippen molar-refractivity contribution in [3.05, 3.63) is 0 Å². The largest absolute Gasteiger partial charge is 0.229 e. The molecule has 2 nitrogen and oxygen atoms in total. The summed E-state index contributed by atoms with van der Waals surface area (Å²) in [7, 11) is -2.76. The highest BCUT2D eigenvalue weighted by atomic mass is 35.5. The van der Waals surface area contributed by atoms with Crippen LogP contribution in [0.4, 0.5) is 0 Å². The molecule has 0 rings (SSSR count). The Balaban J connectivity index is 3.46. The Morgan fingerprint density at radius 3 is 2.07 bits per heavy atom. The molecule has 0 aliphatic rings. The van der Waals surface area contributed by atoms with Crippen LogP contribution in [0.15, 0.2) is 0 Å². The SMILES string of the molecule is CCCCS(=O)(=O)CCCCCCCl. The average Bonchev–Trinajstić information content (AvgIpc) is 2.15. The molecule has 0 aromatic heterocycles. The van der Waals surface area contributed by atoms with Crippen molar-refractivity contribution in [2.75, 3.05) is 17.4 Å². The van der Waals surface area contributed by atoms with Gasteiger partial charge in [0.2, 0.25) is 0 Å². The van der Waals surface area contributed by atoms with Gasteiger partial charge in [-0.15, -0.1) is 11.6 Å². The van der Waals surface area contributed by atoms with Crippen LogP contribution in [-0.2, 0) is 9.84 Å². The Morgan fingerprint density at radius 1 is 0.929 bits per heavy atom. The molecule has 0 aliphatic carbocycles. The van der Waals surface area contributed by atoms with Crippen LogP contribution in [0.5, 0.6) is 0 Å². The van der Waals surface area contributed by atoms with Crippen LogP contribution < -0.4 is 0 Å². The van der Waals surface area contributed by atoms with Crippen LogP contribution in [0.2, 0.25) is 0 Å². The smallest absolute Gasteiger partial charge is 0.150 e. The van der Waals surface area contributed by atoms with E-state index in [1.54, 1.807) is 0 Å². The Labute approximate surface area is 93.0 Å². The average molecular weight is 241 g/mol. The van der Waals surface area contributed by atoms with E-state index in [0.29, 0.717) is 17.4 Å². The highest BCUT2D eigenvalue weighted by molar-refractivity contribution is 7.91. The molecule has 0 amide bonds. The number of unbranched alkanes of at least 4 members (excludes halogenated alkanes) is 4. The Hall–Kier alpha value is 0.240. The van der Waals surface area contributed by atoms with E-state index in [2.05, 4.69) is 0 Å². The van der Waals surface area contributed by atoms with E-state index < -0.39 is 9.84 Å². The van der Waals surface area contributed by atoms with Gasteiger partial charge in [-0.2, -0.15) is 0 Å². The molecule has 0 N–H and O–H groups in total. The molecule has 0 aromatic carbocycles. The molecule has 0 aliphatic heterocycles. The molecule has 0 spiro atoms. The van der Waals surface area contributed by atoms with E-state index in [0.717, 1.165) is 38.5 Å². The maximum atomic E-state index is 11.4. The third-order valence-corrected chi connectivity index (χ3v) is 4.24. The fourth-order valence-corrected chi connectivity index (χ4v) is 3.00. The molecule has 0 unspecified atom stereocenters. The lowest BCUT2D eigenvalue weighted by molar-refractivity contribution is 0.586. The van der Waals surface area contributed by atoms with Crippen molar-refractivity contribution in [2.45, 2.75) is 45.4 Å². The molecule has 0 bridgehead atoms. The zero-order chi connectivity index (χ0) is 10.9. The Bertz CT molecular complexity index is 212. The zero-order valence-corrected chi connectivity index (χ0v) is 10.5. The van der Waals surface area contributed by atoms with Crippen LogP contribution in [0.3, 0.4) is 0 Å². The number of sulfone groups is 1. The lowest BCUT2D eigenvalue weighted by Gasteiger charge is -2.02. The lowest BCUT2D eigenvalue weighted by atomic mass is 10.2. The maximum absolute atomic E-state index is 11.4. The topological polar surface area (TPSA) is 34.1 Å². The van der Waals surface area contributed by atoms with E-state index in [9.17, 15) is 8.42 Å². The summed E-state index contributed by atoms with van der Waals surface area (Å²) in [5, 5.41) is 0. The summed E-state index contributed by atoms with van der Waals surface area (Å²) in [6, 6.07) is 0. The van der Waals surface area contributed by atoms with Crippen LogP contribution in [0.25, 0.3) is 0 Å². The summed E-state index contributed by atoms with van der Waals surface area (Å²) in [5.41, 5.74) is 0. The van der Waals surface area contributed by atoms with Crippen molar-refractivity contribution in [3.63, 3.8) is 0 Å². The van der Waals surface area contributed by atoms with Crippen molar-refractivity contribution in [2.24, 2.45) is 0 Å². The van der Waals surface area contributed by atoms with Gasteiger partial charge in [0.1, 0.15) is 9.84 Å². The second kappa shape index (κ2) is 8.54. The number of alkyl halides is 1. The second-order valence-corrected chi connectivity index (χ2v) is 6.29. The van der Waals surface area contributed by atoms with Gasteiger partial charge in [-0.3, -0.25) is 0 Å². The minimum absolute atomic E-state index is 0.356. The van der Waals surface area contributed by atoms with Gasteiger partial charge in [0.15, 0.2) is 0 Å². The van der Waals surface area contributed by atoms with E-state index in [1.165, 1.54) is 0 Å². The summed E-state index contributed by atoms with van der Waals surface area (Å²) in [4.78, 5) is 0. The summed E-state index contributed by atoms with van der Waals surface area (Å²) in [6.07, 6.45) is 5.57. The van der Waals surface area contributed by atoms with E-state index in [4.69, 9.17) is 11.6 Å². The van der Waals surface area contributed by atoms with Gasteiger partial charge in [-0.25, -0.2) is 8.42 Å². The normalized spacial score (nSPS) is 11.9. The Morgan fingerprint density at radius 2 is 1.50 bits per heavy atom. The minimum Gasteiger partial charge on any atom is -0.229 e. The molecular formula is C10H21ClO2S. The van der Waals surface area contributed by atoms with Crippen LogP contribution in [-0.4, -0.2) is 25.8 Å². The quantitative estimate of drug-likeness (QED) is 0.459. The summed E-state index contributed by atoms with van der Waals surface area (Å²) in [6.45, 7) is 2.01. The lowest BCUT2D eigenvalue weighted by Crippen LogP contribution is -2.10. The molecule has 0 aromatic rings. The summed E-state index contributed by atoms with van der Waals surface area (Å²) < 4.78 is 22.8. The highest BCUT2D eigenvalue weighted by Crippen LogP contribution is 2.05. The molecular weight excluding hydrogens is 220 g/mol. The molecule has 86 valence electrons. The zero-order valence-electron chi connectivity index (χ0n) is 8.97. The number of hydrogen-bond acceptors (Lipinski definition) is 2. The molecule has 14 heavy (non-hydrogen) atoms. The fraction of sp³-hybridized carbons (Fsp3) is 1.00. The van der Waals surface area contributed by atoms with Crippen molar-refractivity contribution in [1.29, 1.82) is 0 Å². The summed E-state index contributed by atoms with van der Waals surface area (Å²) in [5.74, 6) is 1.40. The van der Waals surface area contributed by atoms with Crippen molar-refractivity contribution in [3.8, 4) is 0 Å². The predicted molar refractivity (Wildman–Crippen MR) is 62.7 cm³/mol. The Kier molecular flexibility index (Phi) is 8.69. The molecule has 0 radical (unpaired) electrons. The first-order valence-corrected chi connectivity index (χ1v) is 7.74. The molecule has 0 saturated heterocycles. The van der Waals surface area contributed by atoms with Crippen molar-refractivity contribution in [1.82, 2.24) is 0 Å². The monoisotopic (exact) mass is 240 g/mol. The minimum atomic E-state index is -2.76. The summed E-state index contributed by atoms with van der Waals surface area (Å²) >= 11 is 5.52. The second-order valence-electron chi connectivity index (χ2n) is 3.61. The maximum Gasteiger partial charge on any atom is 0.150 e. The van der Waals surface area contributed by atoms with Crippen molar-refractivity contribution >= 4 is 21.4 Å². The molecule has 0 fully saturated rings. The molecule has 0 atom stereocenters. The van der Waals surface area contributed by atoms with E-state index in [-0.39, 0.29) is 0 Å². The van der Waals surface area contributed by atoms with Gasteiger partial charge in [-0.05, 0) is 19.3 Å². The fourth-order valence-electron chi connectivity index (χ4n) is 1.24. The molecule has 0 heterocycles. The number of hydrogen-bond donors (Lipinski definition) is 0. The van der Waals surface area contributed by atoms with Gasteiger partial charge < -0.3 is 0 Å². The third-order valence-electron chi connectivity index (χ3n) is 2.15. The van der Waals surface area contributed by atoms with Crippen molar-refractivity contribution < 1.29 is 8.42 Å². The van der Waals surface area contributed by atoms with Gasteiger partial charge in [0, 0.05) is 5.88 Å². The van der Waals surface area contributed by atoms with Gasteiger partial charge in [0.25, 0.3) is 0 Å². The first kappa shape index (κ1) is 14.2. The van der Waals surface area contributed by atoms with Gasteiger partial charge >= 0.3 is 0 Å². The van der Waals surface area contributed by atoms with E-state index in [1.807, 2.05) is 6.92 Å². The number of halogens is 1. The number of rotatable bonds is 9. The highest BCUT2D eigenvalue weighted by Gasteiger charge is 2.08. The first-order chi connectivity index (χ1) is 6.62. The van der Waals surface area contributed by atoms with Crippen LogP contribution in [0.1, 0.15) is 45.4 Å². The molecule has 0 saturated carbocycles. The third kappa shape index (κ3) is 8.82. The first-order valence-electron chi connectivity index (χ1n) is 5.39. The molecule has 4 heteroatoms. The van der Waals surface area contributed by atoms with E-state index >= 15 is 0 Å². The van der Waals surface area contributed by atoms with Gasteiger partial charge in [-0.1, -0.05) is 26.2 Å². The standard InChI is InChI=1S/C10H21ClO2S/c1-2-3-9-14(12,13)10-7-5-4-6-8-11/h2-10H2,1H3. The van der Waals surface area contributed by atoms with Gasteiger partial charge in [0.05, 0.1) is 11.5 Å². The van der Waals surface area contributed by atoms with Crippen LogP contribution in [0, 0.1) is 0 Å². The predicted octanol–water partition coefficient (Wildman–Crippen LogP) is 3.00.